The van der Waals surface area contributed by atoms with Crippen molar-refractivity contribution in [3.63, 3.8) is 0 Å². The SMILES string of the molecule is COc1cc(-n2cc(CC(C)(N)C(=O)O)c3ccccc32)c2c(CC(N)C(=O)O)c[nH]c2c1. The smallest absolute Gasteiger partial charge is 0.323 e. The summed E-state index contributed by atoms with van der Waals surface area (Å²) in [6, 6.07) is 10.3. The van der Waals surface area contributed by atoms with Gasteiger partial charge in [0.15, 0.2) is 0 Å². The number of nitrogens with zero attached hydrogens (tertiary/aromatic N) is 1. The summed E-state index contributed by atoms with van der Waals surface area (Å²) in [5, 5.41) is 20.5. The fourth-order valence-electron chi connectivity index (χ4n) is 4.14. The highest BCUT2D eigenvalue weighted by atomic mass is 16.5. The molecule has 4 rings (SSSR count). The van der Waals surface area contributed by atoms with E-state index in [0.29, 0.717) is 5.75 Å². The molecule has 172 valence electrons. The highest BCUT2D eigenvalue weighted by Crippen LogP contribution is 2.35. The maximum atomic E-state index is 11.7. The molecule has 7 N–H and O–H groups in total. The minimum Gasteiger partial charge on any atom is -0.497 e. The molecule has 0 radical (unpaired) electrons. The number of nitrogens with one attached hydrogen (secondary N) is 1. The Morgan fingerprint density at radius 3 is 2.61 bits per heavy atom. The van der Waals surface area contributed by atoms with Crippen LogP contribution in [-0.2, 0) is 22.4 Å². The summed E-state index contributed by atoms with van der Waals surface area (Å²) in [6.07, 6.45) is 3.90. The van der Waals surface area contributed by atoms with Crippen LogP contribution < -0.4 is 16.2 Å². The van der Waals surface area contributed by atoms with E-state index in [1.165, 1.54) is 6.92 Å². The van der Waals surface area contributed by atoms with Crippen molar-refractivity contribution in [3.8, 4) is 11.4 Å². The number of rotatable bonds is 8. The molecule has 0 amide bonds. The average Bonchev–Trinajstić information content (AvgIpc) is 3.34. The zero-order chi connectivity index (χ0) is 23.9. The number of fused-ring (bicyclic) bond motifs is 2. The second-order valence-electron chi connectivity index (χ2n) is 8.47. The Hall–Kier alpha value is -3.82. The predicted molar refractivity (Wildman–Crippen MR) is 125 cm³/mol. The molecule has 0 aliphatic rings. The largest absolute Gasteiger partial charge is 0.497 e. The number of ether oxygens (including phenoxy) is 1. The van der Waals surface area contributed by atoms with Crippen LogP contribution in [0.25, 0.3) is 27.5 Å². The topological polar surface area (TPSA) is 157 Å². The average molecular weight is 450 g/mol. The lowest BCUT2D eigenvalue weighted by Gasteiger charge is -2.18. The van der Waals surface area contributed by atoms with Gasteiger partial charge in [-0.15, -0.1) is 0 Å². The van der Waals surface area contributed by atoms with Gasteiger partial charge in [-0.2, -0.15) is 0 Å². The Bertz CT molecular complexity index is 1370. The lowest BCUT2D eigenvalue weighted by molar-refractivity contribution is -0.142. The predicted octanol–water partition coefficient (Wildman–Crippen LogP) is 2.42. The summed E-state index contributed by atoms with van der Waals surface area (Å²) in [6.45, 7) is 1.49. The van der Waals surface area contributed by atoms with Crippen molar-refractivity contribution in [2.24, 2.45) is 11.5 Å². The number of aromatic nitrogens is 2. The molecule has 0 saturated heterocycles. The Kier molecular flexibility index (Phi) is 5.61. The van der Waals surface area contributed by atoms with Gasteiger partial charge in [0.2, 0.25) is 0 Å². The van der Waals surface area contributed by atoms with Crippen molar-refractivity contribution in [2.45, 2.75) is 31.3 Å². The van der Waals surface area contributed by atoms with Gasteiger partial charge in [-0.25, -0.2) is 0 Å². The molecule has 0 aliphatic heterocycles. The zero-order valence-electron chi connectivity index (χ0n) is 18.3. The number of carboxylic acid groups (broad SMARTS) is 2. The van der Waals surface area contributed by atoms with Gasteiger partial charge in [-0.3, -0.25) is 9.59 Å². The quantitative estimate of drug-likeness (QED) is 0.276. The first kappa shape index (κ1) is 22.4. The summed E-state index contributed by atoms with van der Waals surface area (Å²) in [4.78, 5) is 26.2. The van der Waals surface area contributed by atoms with Crippen molar-refractivity contribution < 1.29 is 24.5 Å². The van der Waals surface area contributed by atoms with Crippen LogP contribution in [0.4, 0.5) is 0 Å². The number of hydrogen-bond donors (Lipinski definition) is 5. The third-order valence-corrected chi connectivity index (χ3v) is 5.91. The maximum absolute atomic E-state index is 11.7. The first-order valence-corrected chi connectivity index (χ1v) is 10.4. The normalized spacial score (nSPS) is 14.3. The van der Waals surface area contributed by atoms with E-state index in [1.807, 2.05) is 47.2 Å². The molecule has 0 saturated carbocycles. The molecular formula is C24H26N4O5. The number of carbonyl (C=O) groups is 2. The molecule has 2 atom stereocenters. The highest BCUT2D eigenvalue weighted by molar-refractivity contribution is 5.96. The van der Waals surface area contributed by atoms with E-state index in [4.69, 9.17) is 16.2 Å². The molecule has 9 heteroatoms. The van der Waals surface area contributed by atoms with E-state index in [9.17, 15) is 19.8 Å². The molecule has 9 nitrogen and oxygen atoms in total. The fourth-order valence-corrected chi connectivity index (χ4v) is 4.14. The lowest BCUT2D eigenvalue weighted by Crippen LogP contribution is -2.46. The van der Waals surface area contributed by atoms with Crippen LogP contribution in [0.2, 0.25) is 0 Å². The van der Waals surface area contributed by atoms with Crippen LogP contribution >= 0.6 is 0 Å². The van der Waals surface area contributed by atoms with E-state index in [2.05, 4.69) is 4.98 Å². The van der Waals surface area contributed by atoms with Crippen molar-refractivity contribution in [1.29, 1.82) is 0 Å². The molecule has 4 aromatic rings. The van der Waals surface area contributed by atoms with Crippen molar-refractivity contribution in [3.05, 3.63) is 59.9 Å². The number of aliphatic carboxylic acids is 2. The molecule has 2 aromatic carbocycles. The number of nitrogens with two attached hydrogens (primary N) is 2. The highest BCUT2D eigenvalue weighted by Gasteiger charge is 2.30. The number of hydrogen-bond acceptors (Lipinski definition) is 5. The molecule has 0 aliphatic carbocycles. The maximum Gasteiger partial charge on any atom is 0.323 e. The number of benzene rings is 2. The van der Waals surface area contributed by atoms with Crippen LogP contribution in [0.15, 0.2) is 48.8 Å². The molecule has 0 spiro atoms. The monoisotopic (exact) mass is 450 g/mol. The molecule has 0 bridgehead atoms. The van der Waals surface area contributed by atoms with E-state index < -0.39 is 23.5 Å². The van der Waals surface area contributed by atoms with E-state index in [0.717, 1.165) is 38.6 Å². The Morgan fingerprint density at radius 1 is 1.21 bits per heavy atom. The third kappa shape index (κ3) is 4.04. The van der Waals surface area contributed by atoms with Crippen LogP contribution in [0, 0.1) is 0 Å². The summed E-state index contributed by atoms with van der Waals surface area (Å²) in [7, 11) is 1.57. The molecule has 0 fully saturated rings. The zero-order valence-corrected chi connectivity index (χ0v) is 18.3. The first-order valence-electron chi connectivity index (χ1n) is 10.4. The molecular weight excluding hydrogens is 424 g/mol. The Labute approximate surface area is 189 Å². The van der Waals surface area contributed by atoms with Gasteiger partial charge >= 0.3 is 11.9 Å². The number of para-hydroxylation sites is 1. The second-order valence-corrected chi connectivity index (χ2v) is 8.47. The standard InChI is InChI=1S/C24H26N4O5/c1-24(26,23(31)32)10-14-12-28(19-6-4-3-5-16(14)19)20-9-15(33-2)8-18-21(20)13(11-27-18)7-17(25)22(29)30/h3-6,8-9,11-12,17,27H,7,10,25-26H2,1-2H3,(H,29,30)(H,31,32). The van der Waals surface area contributed by atoms with Gasteiger partial charge in [0.1, 0.15) is 17.3 Å². The summed E-state index contributed by atoms with van der Waals surface area (Å²) >= 11 is 0. The second kappa shape index (κ2) is 8.27. The number of aromatic amines is 1. The summed E-state index contributed by atoms with van der Waals surface area (Å²) in [5.41, 5.74) is 14.4. The van der Waals surface area contributed by atoms with Crippen LogP contribution in [0.3, 0.4) is 0 Å². The van der Waals surface area contributed by atoms with Gasteiger partial charge in [0.05, 0.1) is 23.8 Å². The van der Waals surface area contributed by atoms with Crippen LogP contribution in [0.1, 0.15) is 18.1 Å². The van der Waals surface area contributed by atoms with Crippen molar-refractivity contribution in [1.82, 2.24) is 9.55 Å². The van der Waals surface area contributed by atoms with E-state index in [-0.39, 0.29) is 12.8 Å². The Morgan fingerprint density at radius 2 is 1.94 bits per heavy atom. The van der Waals surface area contributed by atoms with Crippen molar-refractivity contribution in [2.75, 3.05) is 7.11 Å². The number of H-pyrrole nitrogens is 1. The van der Waals surface area contributed by atoms with E-state index >= 15 is 0 Å². The van der Waals surface area contributed by atoms with Gasteiger partial charge in [-0.05, 0) is 24.1 Å². The summed E-state index contributed by atoms with van der Waals surface area (Å²) in [5.74, 6) is -1.55. The number of carboxylic acids is 2. The Balaban J connectivity index is 1.96. The summed E-state index contributed by atoms with van der Waals surface area (Å²) < 4.78 is 7.45. The lowest BCUT2D eigenvalue weighted by atomic mass is 9.94. The molecule has 2 aromatic heterocycles. The molecule has 2 unspecified atom stereocenters. The fraction of sp³-hybridized carbons (Fsp3) is 0.250. The van der Waals surface area contributed by atoms with Gasteiger partial charge in [0.25, 0.3) is 0 Å². The van der Waals surface area contributed by atoms with E-state index in [1.54, 1.807) is 13.3 Å². The molecule has 33 heavy (non-hydrogen) atoms. The van der Waals surface area contributed by atoms with Gasteiger partial charge in [-0.1, -0.05) is 18.2 Å². The van der Waals surface area contributed by atoms with Gasteiger partial charge < -0.3 is 36.0 Å². The first-order chi connectivity index (χ1) is 15.6. The van der Waals surface area contributed by atoms with Crippen molar-refractivity contribution >= 4 is 33.7 Å². The van der Waals surface area contributed by atoms with Crippen LogP contribution in [-0.4, -0.2) is 50.4 Å². The van der Waals surface area contributed by atoms with Crippen LogP contribution in [0.5, 0.6) is 5.75 Å². The molecule has 2 heterocycles. The van der Waals surface area contributed by atoms with Gasteiger partial charge in [0, 0.05) is 48.1 Å². The minimum atomic E-state index is -1.44. The number of methoxy groups -OCH3 is 1. The minimum absolute atomic E-state index is 0.132. The third-order valence-electron chi connectivity index (χ3n) is 5.91.